The number of likely N-dealkylation sites (N-methyl/N-ethyl adjacent to an activating group) is 1. The molecule has 3 aromatic carbocycles. The van der Waals surface area contributed by atoms with Crippen molar-refractivity contribution in [1.29, 1.82) is 0 Å². The third-order valence-corrected chi connectivity index (χ3v) is 10.8. The lowest BCUT2D eigenvalue weighted by molar-refractivity contribution is -0.377. The number of fused-ring (bicyclic) bond motifs is 1. The number of hydrogen-bond donors (Lipinski definition) is 9. The van der Waals surface area contributed by atoms with Gasteiger partial charge in [-0.15, -0.1) is 0 Å². The van der Waals surface area contributed by atoms with Crippen LogP contribution in [0.1, 0.15) is 35.6 Å². The molecule has 55 heavy (non-hydrogen) atoms. The van der Waals surface area contributed by atoms with E-state index in [4.69, 9.17) is 14.2 Å². The molecular formula is C40H41NO14. The van der Waals surface area contributed by atoms with Gasteiger partial charge >= 0.3 is 17.9 Å². The van der Waals surface area contributed by atoms with Crippen molar-refractivity contribution in [1.82, 2.24) is 5.32 Å². The lowest BCUT2D eigenvalue weighted by Crippen LogP contribution is -2.90. The van der Waals surface area contributed by atoms with Crippen LogP contribution in [0.4, 0.5) is 0 Å². The molecule has 2 aliphatic heterocycles. The molecule has 2 bridgehead atoms. The second-order valence-electron chi connectivity index (χ2n) is 13.9. The Morgan fingerprint density at radius 2 is 1.60 bits per heavy atom. The molecular weight excluding hydrogens is 718 g/mol. The van der Waals surface area contributed by atoms with E-state index in [9.17, 15) is 55.2 Å². The van der Waals surface area contributed by atoms with Gasteiger partial charge in [-0.2, -0.15) is 0 Å². The second-order valence-corrected chi connectivity index (χ2v) is 13.9. The highest BCUT2D eigenvalue weighted by Gasteiger charge is 2.83. The number of esters is 2. The number of aliphatic hydroxyl groups excluding tert-OH is 1. The minimum atomic E-state index is -2.76. The number of benzene rings is 3. The van der Waals surface area contributed by atoms with E-state index in [1.54, 1.807) is 18.2 Å². The number of rotatable bonds is 11. The van der Waals surface area contributed by atoms with E-state index in [2.05, 4.69) is 5.32 Å². The summed E-state index contributed by atoms with van der Waals surface area (Å²) in [7, 11) is 1.35. The highest BCUT2D eigenvalue weighted by molar-refractivity contribution is 5.91. The Morgan fingerprint density at radius 1 is 0.909 bits per heavy atom. The molecule has 3 aromatic rings. The maximum atomic E-state index is 14.0. The van der Waals surface area contributed by atoms with E-state index in [1.165, 1.54) is 49.5 Å². The second kappa shape index (κ2) is 14.4. The Bertz CT molecular complexity index is 2110. The van der Waals surface area contributed by atoms with Gasteiger partial charge in [0.05, 0.1) is 12.7 Å². The average Bonchev–Trinajstić information content (AvgIpc) is 3.15. The van der Waals surface area contributed by atoms with E-state index >= 15 is 0 Å². The molecule has 15 nitrogen and oxygen atoms in total. The van der Waals surface area contributed by atoms with Crippen molar-refractivity contribution in [3.63, 3.8) is 0 Å². The quantitative estimate of drug-likeness (QED) is 0.0340. The number of aromatic hydroxyl groups is 4. The number of aliphatic carboxylic acids is 1. The van der Waals surface area contributed by atoms with Gasteiger partial charge in [0.1, 0.15) is 11.4 Å². The number of phenolic OH excluding ortho intramolecular Hbond substituents is 4. The first-order chi connectivity index (χ1) is 26.0. The van der Waals surface area contributed by atoms with E-state index in [-0.39, 0.29) is 24.2 Å². The largest absolute Gasteiger partial charge is 0.507 e. The predicted octanol–water partition coefficient (Wildman–Crippen LogP) is 2.82. The van der Waals surface area contributed by atoms with Gasteiger partial charge in [0, 0.05) is 29.9 Å². The summed E-state index contributed by atoms with van der Waals surface area (Å²) in [5.41, 5.74) is -8.32. The molecule has 2 aliphatic carbocycles. The Kier molecular flexibility index (Phi) is 10.2. The van der Waals surface area contributed by atoms with Crippen LogP contribution < -0.4 is 5.32 Å². The molecule has 4 aliphatic rings. The first-order valence-corrected chi connectivity index (χ1v) is 17.4. The SMILES string of the molecule is CCc1cccc(C[C@H]2[C@@H](OC(=O)/C=C(\O)c3ccc(O)c(O)c3)[C@@]3(OC(=O)/C=C/c4ccc(O)c(O)c4)[C@@]4(C=C[C@@H](CO4)[C@]3(O)NC)C[C@]2(O)C(=O)O)c1. The molecule has 1 saturated heterocycles. The third-order valence-electron chi connectivity index (χ3n) is 10.8. The van der Waals surface area contributed by atoms with E-state index < -0.39 is 93.6 Å². The summed E-state index contributed by atoms with van der Waals surface area (Å²) in [6.07, 6.45) is 3.16. The van der Waals surface area contributed by atoms with Crippen LogP contribution in [0.3, 0.4) is 0 Å². The minimum absolute atomic E-state index is 0.122. The molecule has 0 unspecified atom stereocenters. The van der Waals surface area contributed by atoms with Gasteiger partial charge in [-0.3, -0.25) is 5.32 Å². The molecule has 0 aromatic heterocycles. The highest BCUT2D eigenvalue weighted by atomic mass is 16.6. The first-order valence-electron chi connectivity index (χ1n) is 17.4. The van der Waals surface area contributed by atoms with Gasteiger partial charge in [0.15, 0.2) is 40.4 Å². The zero-order chi connectivity index (χ0) is 39.9. The van der Waals surface area contributed by atoms with Crippen LogP contribution >= 0.6 is 0 Å². The van der Waals surface area contributed by atoms with Crippen molar-refractivity contribution in [2.75, 3.05) is 13.7 Å². The topological polar surface area (TPSA) is 253 Å². The van der Waals surface area contributed by atoms with Crippen LogP contribution in [0.15, 0.2) is 85.0 Å². The molecule has 1 saturated carbocycles. The first kappa shape index (κ1) is 38.8. The Balaban J connectivity index is 1.55. The number of aryl methyl sites for hydroxylation is 1. The van der Waals surface area contributed by atoms with Crippen LogP contribution in [0.25, 0.3) is 11.8 Å². The molecule has 2 fully saturated rings. The zero-order valence-electron chi connectivity index (χ0n) is 29.7. The summed E-state index contributed by atoms with van der Waals surface area (Å²) in [6, 6.07) is 14.0. The summed E-state index contributed by atoms with van der Waals surface area (Å²) >= 11 is 0. The molecule has 290 valence electrons. The summed E-state index contributed by atoms with van der Waals surface area (Å²) in [5, 5.41) is 88.9. The molecule has 15 heteroatoms. The standard InChI is InChI=1S/C40H41NO14/c1-3-22-5-4-6-24(15-22)16-27-35(54-34(48)19-30(44)25-9-11-29(43)32(46)18-25)39(55-33(47)12-8-23-7-10-28(42)31(45)17-23)37(21-38(27,51)36(49)50)14-13-26(20-53-37)40(39,52)41-2/h4-15,17-19,26-27,35,41-46,51-52H,3,16,20-21H2,1-2H3,(H,49,50)/b12-8+,30-19-/t26-,27-,35+,37+,38+,39+,40+/m0/s1. The number of nitrogens with one attached hydrogen (secondary N) is 1. The van der Waals surface area contributed by atoms with Crippen LogP contribution in [-0.2, 0) is 41.4 Å². The Labute approximate surface area is 314 Å². The van der Waals surface area contributed by atoms with Gasteiger partial charge in [-0.1, -0.05) is 49.4 Å². The van der Waals surface area contributed by atoms with E-state index in [0.29, 0.717) is 18.1 Å². The Hall–Kier alpha value is -5.87. The van der Waals surface area contributed by atoms with Crippen LogP contribution in [0.5, 0.6) is 23.0 Å². The monoisotopic (exact) mass is 759 g/mol. The Morgan fingerprint density at radius 3 is 2.22 bits per heavy atom. The van der Waals surface area contributed by atoms with Crippen molar-refractivity contribution < 1.29 is 69.4 Å². The van der Waals surface area contributed by atoms with Crippen molar-refractivity contribution in [2.45, 2.75) is 54.8 Å². The van der Waals surface area contributed by atoms with Crippen molar-refractivity contribution in [2.24, 2.45) is 11.8 Å². The number of carboxylic acids is 1. The van der Waals surface area contributed by atoms with Gasteiger partial charge in [0.2, 0.25) is 5.60 Å². The van der Waals surface area contributed by atoms with Crippen LogP contribution in [0.2, 0.25) is 0 Å². The normalized spacial score (nSPS) is 29.8. The number of aliphatic hydroxyl groups is 3. The molecule has 0 radical (unpaired) electrons. The van der Waals surface area contributed by atoms with Gasteiger partial charge in [-0.25, -0.2) is 14.4 Å². The van der Waals surface area contributed by atoms with E-state index in [1.807, 2.05) is 13.0 Å². The summed E-state index contributed by atoms with van der Waals surface area (Å²) < 4.78 is 18.6. The maximum Gasteiger partial charge on any atom is 0.336 e. The molecule has 7 rings (SSSR count). The third kappa shape index (κ3) is 6.54. The molecule has 1 spiro atoms. The lowest BCUT2D eigenvalue weighted by atomic mass is 9.49. The summed E-state index contributed by atoms with van der Waals surface area (Å²) in [5.74, 6) is -9.58. The maximum absolute atomic E-state index is 14.0. The lowest BCUT2D eigenvalue weighted by Gasteiger charge is -2.68. The van der Waals surface area contributed by atoms with Gasteiger partial charge in [0.25, 0.3) is 0 Å². The minimum Gasteiger partial charge on any atom is -0.507 e. The van der Waals surface area contributed by atoms with E-state index in [0.717, 1.165) is 23.8 Å². The molecule has 9 N–H and O–H groups in total. The van der Waals surface area contributed by atoms with Crippen LogP contribution in [-0.4, -0.2) is 101 Å². The molecule has 0 amide bonds. The summed E-state index contributed by atoms with van der Waals surface area (Å²) in [4.78, 5) is 41.2. The fourth-order valence-corrected chi connectivity index (χ4v) is 8.00. The van der Waals surface area contributed by atoms with Crippen LogP contribution in [0, 0.1) is 11.8 Å². The fourth-order valence-electron chi connectivity index (χ4n) is 8.00. The average molecular weight is 760 g/mol. The van der Waals surface area contributed by atoms with Gasteiger partial charge < -0.3 is 55.1 Å². The molecule has 2 heterocycles. The highest BCUT2D eigenvalue weighted by Crippen LogP contribution is 2.62. The predicted molar refractivity (Wildman–Crippen MR) is 193 cm³/mol. The van der Waals surface area contributed by atoms with Crippen molar-refractivity contribution >= 4 is 29.7 Å². The van der Waals surface area contributed by atoms with Crippen molar-refractivity contribution in [3.8, 4) is 23.0 Å². The number of carbonyl (C=O) groups is 3. The van der Waals surface area contributed by atoms with Crippen molar-refractivity contribution in [3.05, 3.63) is 107 Å². The summed E-state index contributed by atoms with van der Waals surface area (Å²) in [6.45, 7) is 1.67. The molecule has 7 atom stereocenters. The number of phenols is 4. The fraction of sp³-hybridized carbons (Fsp3) is 0.325. The number of carbonyl (C=O) groups excluding carboxylic acids is 2. The number of hydrogen-bond acceptors (Lipinski definition) is 14. The number of carboxylic acid groups (broad SMARTS) is 1. The van der Waals surface area contributed by atoms with Gasteiger partial charge in [-0.05, 0) is 73.0 Å². The number of ether oxygens (including phenoxy) is 3. The zero-order valence-corrected chi connectivity index (χ0v) is 29.7. The smallest absolute Gasteiger partial charge is 0.336 e.